The molecular formula is C11H17N5O. The molecule has 6 nitrogen and oxygen atoms in total. The molecular weight excluding hydrogens is 218 g/mol. The quantitative estimate of drug-likeness (QED) is 0.852. The second-order valence-corrected chi connectivity index (χ2v) is 4.20. The van der Waals surface area contributed by atoms with E-state index in [-0.39, 0.29) is 6.04 Å². The lowest BCUT2D eigenvalue weighted by atomic mass is 10.2. The molecule has 17 heavy (non-hydrogen) atoms. The van der Waals surface area contributed by atoms with Gasteiger partial charge in [-0.3, -0.25) is 4.68 Å². The van der Waals surface area contributed by atoms with Gasteiger partial charge in [-0.05, 0) is 19.4 Å². The van der Waals surface area contributed by atoms with Crippen LogP contribution in [0.3, 0.4) is 0 Å². The van der Waals surface area contributed by atoms with Crippen molar-refractivity contribution in [2.45, 2.75) is 32.7 Å². The molecule has 0 aliphatic carbocycles. The van der Waals surface area contributed by atoms with E-state index >= 15 is 0 Å². The van der Waals surface area contributed by atoms with Crippen LogP contribution in [0.4, 0.5) is 0 Å². The van der Waals surface area contributed by atoms with E-state index < -0.39 is 0 Å². The van der Waals surface area contributed by atoms with Gasteiger partial charge in [0.25, 0.3) is 5.89 Å². The topological polar surface area (TPSA) is 82.8 Å². The van der Waals surface area contributed by atoms with Crippen molar-refractivity contribution in [3.05, 3.63) is 17.6 Å². The van der Waals surface area contributed by atoms with E-state index in [1.54, 1.807) is 4.68 Å². The lowest BCUT2D eigenvalue weighted by Crippen LogP contribution is -2.18. The molecule has 1 atom stereocenters. The third-order valence-electron chi connectivity index (χ3n) is 2.48. The zero-order valence-corrected chi connectivity index (χ0v) is 10.3. The highest BCUT2D eigenvalue weighted by atomic mass is 16.5. The first-order valence-corrected chi connectivity index (χ1v) is 5.71. The zero-order valence-electron chi connectivity index (χ0n) is 10.3. The van der Waals surface area contributed by atoms with Crippen molar-refractivity contribution < 1.29 is 4.52 Å². The minimum atomic E-state index is 0.0261. The summed E-state index contributed by atoms with van der Waals surface area (Å²) in [6, 6.07) is 1.99. The van der Waals surface area contributed by atoms with Crippen molar-refractivity contribution in [2.24, 2.45) is 12.8 Å². The molecule has 0 saturated heterocycles. The van der Waals surface area contributed by atoms with Crippen molar-refractivity contribution in [3.8, 4) is 11.6 Å². The first kappa shape index (κ1) is 11.8. The van der Waals surface area contributed by atoms with E-state index in [0.717, 1.165) is 17.8 Å². The number of hydrogen-bond donors (Lipinski definition) is 1. The first-order valence-electron chi connectivity index (χ1n) is 5.71. The summed E-state index contributed by atoms with van der Waals surface area (Å²) >= 11 is 0. The summed E-state index contributed by atoms with van der Waals surface area (Å²) in [5.41, 5.74) is 7.54. The molecule has 92 valence electrons. The predicted octanol–water partition coefficient (Wildman–Crippen LogP) is 0.922. The summed E-state index contributed by atoms with van der Waals surface area (Å²) in [4.78, 5) is 4.31. The van der Waals surface area contributed by atoms with Gasteiger partial charge in [0.05, 0.1) is 5.69 Å². The summed E-state index contributed by atoms with van der Waals surface area (Å²) in [6.07, 6.45) is 1.50. The van der Waals surface area contributed by atoms with E-state index in [0.29, 0.717) is 18.1 Å². The molecule has 6 heteroatoms. The van der Waals surface area contributed by atoms with Crippen LogP contribution in [0.1, 0.15) is 25.4 Å². The van der Waals surface area contributed by atoms with Gasteiger partial charge < -0.3 is 10.3 Å². The summed E-state index contributed by atoms with van der Waals surface area (Å²) < 4.78 is 6.96. The second kappa shape index (κ2) is 4.67. The molecule has 2 N–H and O–H groups in total. The van der Waals surface area contributed by atoms with E-state index in [2.05, 4.69) is 22.2 Å². The molecule has 0 radical (unpaired) electrons. The van der Waals surface area contributed by atoms with Gasteiger partial charge in [0.2, 0.25) is 0 Å². The molecule has 1 unspecified atom stereocenters. The Morgan fingerprint density at radius 2 is 2.29 bits per heavy atom. The number of aromatic nitrogens is 4. The maximum Gasteiger partial charge on any atom is 0.276 e. The van der Waals surface area contributed by atoms with Gasteiger partial charge >= 0.3 is 0 Å². The van der Waals surface area contributed by atoms with Crippen LogP contribution in [0.5, 0.6) is 0 Å². The third kappa shape index (κ3) is 2.52. The number of hydrogen-bond acceptors (Lipinski definition) is 5. The van der Waals surface area contributed by atoms with Gasteiger partial charge in [-0.25, -0.2) is 0 Å². The number of nitrogens with two attached hydrogens (primary N) is 1. The van der Waals surface area contributed by atoms with E-state index in [1.807, 2.05) is 20.0 Å². The normalized spacial score (nSPS) is 12.9. The van der Waals surface area contributed by atoms with Crippen LogP contribution in [-0.2, 0) is 19.9 Å². The van der Waals surface area contributed by atoms with Crippen molar-refractivity contribution in [3.63, 3.8) is 0 Å². The Morgan fingerprint density at radius 1 is 1.53 bits per heavy atom. The number of aryl methyl sites for hydroxylation is 2. The van der Waals surface area contributed by atoms with E-state index in [4.69, 9.17) is 10.3 Å². The van der Waals surface area contributed by atoms with Gasteiger partial charge in [-0.15, -0.1) is 0 Å². The van der Waals surface area contributed by atoms with Crippen LogP contribution < -0.4 is 5.73 Å². The molecule has 0 fully saturated rings. The average molecular weight is 235 g/mol. The Hall–Kier alpha value is -1.69. The van der Waals surface area contributed by atoms with Gasteiger partial charge in [0, 0.05) is 19.5 Å². The largest absolute Gasteiger partial charge is 0.332 e. The van der Waals surface area contributed by atoms with Crippen LogP contribution >= 0.6 is 0 Å². The third-order valence-corrected chi connectivity index (χ3v) is 2.48. The summed E-state index contributed by atoms with van der Waals surface area (Å²) in [5, 5.41) is 8.24. The smallest absolute Gasteiger partial charge is 0.276 e. The zero-order chi connectivity index (χ0) is 12.4. The van der Waals surface area contributed by atoms with Crippen molar-refractivity contribution in [1.29, 1.82) is 0 Å². The van der Waals surface area contributed by atoms with Crippen LogP contribution in [0, 0.1) is 0 Å². The fraction of sp³-hybridized carbons (Fsp3) is 0.545. The highest BCUT2D eigenvalue weighted by Gasteiger charge is 2.14. The fourth-order valence-corrected chi connectivity index (χ4v) is 1.63. The standard InChI is InChI=1S/C11H17N5O/c1-4-8-6-9(16(3)14-8)11-13-10(15-17-11)5-7(2)12/h6-7H,4-5,12H2,1-3H3. The summed E-state index contributed by atoms with van der Waals surface area (Å²) in [7, 11) is 1.87. The Kier molecular flexibility index (Phi) is 3.23. The summed E-state index contributed by atoms with van der Waals surface area (Å²) in [5.74, 6) is 1.13. The van der Waals surface area contributed by atoms with Gasteiger partial charge in [-0.2, -0.15) is 10.1 Å². The molecule has 0 saturated carbocycles. The predicted molar refractivity (Wildman–Crippen MR) is 63.2 cm³/mol. The average Bonchev–Trinajstić information content (AvgIpc) is 2.83. The van der Waals surface area contributed by atoms with Gasteiger partial charge in [0.15, 0.2) is 5.82 Å². The number of rotatable bonds is 4. The fourth-order valence-electron chi connectivity index (χ4n) is 1.63. The molecule has 2 rings (SSSR count). The summed E-state index contributed by atoms with van der Waals surface area (Å²) in [6.45, 7) is 3.97. The van der Waals surface area contributed by atoms with Crippen molar-refractivity contribution in [2.75, 3.05) is 0 Å². The van der Waals surface area contributed by atoms with Gasteiger partial charge in [-0.1, -0.05) is 12.1 Å². The molecule has 0 aromatic carbocycles. The molecule has 0 spiro atoms. The molecule has 2 aromatic rings. The Morgan fingerprint density at radius 3 is 2.88 bits per heavy atom. The van der Waals surface area contributed by atoms with E-state index in [9.17, 15) is 0 Å². The van der Waals surface area contributed by atoms with E-state index in [1.165, 1.54) is 0 Å². The molecule has 0 amide bonds. The second-order valence-electron chi connectivity index (χ2n) is 4.20. The van der Waals surface area contributed by atoms with Crippen LogP contribution in [0.2, 0.25) is 0 Å². The SMILES string of the molecule is CCc1cc(-c2nc(CC(C)N)no2)n(C)n1. The lowest BCUT2D eigenvalue weighted by molar-refractivity contribution is 0.417. The van der Waals surface area contributed by atoms with Gasteiger partial charge in [0.1, 0.15) is 5.69 Å². The Balaban J connectivity index is 2.26. The van der Waals surface area contributed by atoms with Crippen LogP contribution in [0.15, 0.2) is 10.6 Å². The van der Waals surface area contributed by atoms with Crippen LogP contribution in [-0.4, -0.2) is 26.0 Å². The van der Waals surface area contributed by atoms with Crippen molar-refractivity contribution >= 4 is 0 Å². The lowest BCUT2D eigenvalue weighted by Gasteiger charge is -1.97. The molecule has 2 aromatic heterocycles. The number of nitrogens with zero attached hydrogens (tertiary/aromatic N) is 4. The molecule has 0 aliphatic heterocycles. The minimum absolute atomic E-state index is 0.0261. The first-order chi connectivity index (χ1) is 8.10. The van der Waals surface area contributed by atoms with Crippen LogP contribution in [0.25, 0.3) is 11.6 Å². The van der Waals surface area contributed by atoms with Crippen molar-refractivity contribution in [1.82, 2.24) is 19.9 Å². The highest BCUT2D eigenvalue weighted by molar-refractivity contribution is 5.47. The maximum atomic E-state index is 5.69. The Bertz CT molecular complexity index is 500. The maximum absolute atomic E-state index is 5.69. The molecule has 2 heterocycles. The Labute approximate surface area is 99.8 Å². The highest BCUT2D eigenvalue weighted by Crippen LogP contribution is 2.18. The molecule has 0 bridgehead atoms. The monoisotopic (exact) mass is 235 g/mol. The molecule has 0 aliphatic rings. The minimum Gasteiger partial charge on any atom is -0.332 e.